The molecule has 7 nitrogen and oxygen atoms in total. The molecule has 2 aromatic rings. The van der Waals surface area contributed by atoms with Crippen molar-refractivity contribution in [2.75, 3.05) is 37.6 Å². The number of aromatic nitrogens is 2. The zero-order chi connectivity index (χ0) is 19.9. The van der Waals surface area contributed by atoms with Gasteiger partial charge in [0.25, 0.3) is 0 Å². The molecule has 7 heteroatoms. The van der Waals surface area contributed by atoms with Crippen molar-refractivity contribution in [3.8, 4) is 0 Å². The molecule has 0 radical (unpaired) electrons. The molecule has 0 aliphatic carbocycles. The molecule has 1 aliphatic rings. The minimum Gasteiger partial charge on any atom is -0.339 e. The third-order valence-electron chi connectivity index (χ3n) is 5.13. The summed E-state index contributed by atoms with van der Waals surface area (Å²) in [5.41, 5.74) is 2.26. The van der Waals surface area contributed by atoms with E-state index in [1.165, 1.54) is 0 Å². The molecular weight excluding hydrogens is 354 g/mol. The van der Waals surface area contributed by atoms with Crippen molar-refractivity contribution >= 4 is 17.8 Å². The molecule has 148 valence electrons. The summed E-state index contributed by atoms with van der Waals surface area (Å²) in [5.74, 6) is 0.780. The molecule has 0 atom stereocenters. The number of carbonyl (C=O) groups is 2. The van der Waals surface area contributed by atoms with E-state index in [2.05, 4.69) is 14.9 Å². The van der Waals surface area contributed by atoms with Crippen LogP contribution in [0.5, 0.6) is 0 Å². The Kier molecular flexibility index (Phi) is 6.57. The lowest BCUT2D eigenvalue weighted by atomic mass is 10.1. The number of nitrogens with zero attached hydrogens (tertiary/aromatic N) is 5. The topological polar surface area (TPSA) is 69.6 Å². The Morgan fingerprint density at radius 2 is 1.71 bits per heavy atom. The maximum Gasteiger partial charge on any atom is 0.225 e. The van der Waals surface area contributed by atoms with Crippen LogP contribution in [-0.2, 0) is 16.1 Å². The van der Waals surface area contributed by atoms with Gasteiger partial charge in [0.15, 0.2) is 0 Å². The second-order valence-corrected chi connectivity index (χ2v) is 7.03. The number of carbonyl (C=O) groups excluding carboxylic acids is 2. The number of hydrogen-bond donors (Lipinski definition) is 0. The number of aryl methyl sites for hydroxylation is 1. The average Bonchev–Trinajstić information content (AvgIpc) is 2.72. The monoisotopic (exact) mass is 381 g/mol. The van der Waals surface area contributed by atoms with Crippen LogP contribution in [0.2, 0.25) is 0 Å². The zero-order valence-electron chi connectivity index (χ0n) is 16.5. The fourth-order valence-electron chi connectivity index (χ4n) is 3.34. The summed E-state index contributed by atoms with van der Waals surface area (Å²) in [7, 11) is 0. The minimum atomic E-state index is -0.0119. The molecule has 1 saturated heterocycles. The van der Waals surface area contributed by atoms with Crippen molar-refractivity contribution in [1.82, 2.24) is 19.8 Å². The Labute approximate surface area is 166 Å². The molecule has 0 bridgehead atoms. The number of benzene rings is 1. The van der Waals surface area contributed by atoms with Crippen molar-refractivity contribution in [3.05, 3.63) is 53.9 Å². The molecule has 1 aromatic heterocycles. The van der Waals surface area contributed by atoms with E-state index in [0.29, 0.717) is 38.5 Å². The average molecular weight is 381 g/mol. The molecule has 1 aromatic carbocycles. The lowest BCUT2D eigenvalue weighted by Gasteiger charge is -2.35. The number of hydrogen-bond acceptors (Lipinski definition) is 5. The third kappa shape index (κ3) is 5.06. The second-order valence-electron chi connectivity index (χ2n) is 7.03. The Morgan fingerprint density at radius 3 is 2.36 bits per heavy atom. The fraction of sp³-hybridized carbons (Fsp3) is 0.429. The van der Waals surface area contributed by atoms with Gasteiger partial charge in [0.1, 0.15) is 0 Å². The standard InChI is InChI=1S/C21H27N5O2/c1-17-6-3-4-7-19(17)16-26(18(2)27)11-8-20(28)24-12-14-25(15-13-24)21-22-9-5-10-23-21/h3-7,9-10H,8,11-16H2,1-2H3. The highest BCUT2D eigenvalue weighted by molar-refractivity contribution is 5.78. The van der Waals surface area contributed by atoms with Crippen LogP contribution in [0, 0.1) is 6.92 Å². The molecule has 0 N–H and O–H groups in total. The Bertz CT molecular complexity index is 803. The third-order valence-corrected chi connectivity index (χ3v) is 5.13. The fourth-order valence-corrected chi connectivity index (χ4v) is 3.34. The summed E-state index contributed by atoms with van der Waals surface area (Å²) in [5, 5.41) is 0. The van der Waals surface area contributed by atoms with E-state index in [1.807, 2.05) is 36.1 Å². The molecule has 0 saturated carbocycles. The van der Waals surface area contributed by atoms with Gasteiger partial charge < -0.3 is 14.7 Å². The molecule has 0 spiro atoms. The highest BCUT2D eigenvalue weighted by atomic mass is 16.2. The van der Waals surface area contributed by atoms with Gasteiger partial charge in [-0.25, -0.2) is 9.97 Å². The lowest BCUT2D eigenvalue weighted by molar-refractivity contribution is -0.134. The van der Waals surface area contributed by atoms with Crippen LogP contribution < -0.4 is 4.90 Å². The first kappa shape index (κ1) is 19.8. The van der Waals surface area contributed by atoms with Crippen LogP contribution in [0.15, 0.2) is 42.7 Å². The van der Waals surface area contributed by atoms with Gasteiger partial charge in [0.2, 0.25) is 17.8 Å². The van der Waals surface area contributed by atoms with E-state index in [-0.39, 0.29) is 11.8 Å². The molecule has 3 rings (SSSR count). The van der Waals surface area contributed by atoms with Gasteiger partial charge in [0.05, 0.1) is 0 Å². The van der Waals surface area contributed by atoms with Crippen molar-refractivity contribution in [1.29, 1.82) is 0 Å². The van der Waals surface area contributed by atoms with Gasteiger partial charge >= 0.3 is 0 Å². The maximum absolute atomic E-state index is 12.6. The summed E-state index contributed by atoms with van der Waals surface area (Å²) in [6, 6.07) is 9.82. The molecule has 2 heterocycles. The first-order valence-electron chi connectivity index (χ1n) is 9.64. The van der Waals surface area contributed by atoms with Crippen LogP contribution in [0.4, 0.5) is 5.95 Å². The Hall–Kier alpha value is -2.96. The van der Waals surface area contributed by atoms with Crippen LogP contribution in [0.25, 0.3) is 0 Å². The van der Waals surface area contributed by atoms with Crippen LogP contribution >= 0.6 is 0 Å². The predicted octanol–water partition coefficient (Wildman–Crippen LogP) is 1.87. The summed E-state index contributed by atoms with van der Waals surface area (Å²) >= 11 is 0. The zero-order valence-corrected chi connectivity index (χ0v) is 16.5. The first-order chi connectivity index (χ1) is 13.5. The largest absolute Gasteiger partial charge is 0.339 e. The summed E-state index contributed by atoms with van der Waals surface area (Å²) < 4.78 is 0. The van der Waals surface area contributed by atoms with Crippen molar-refractivity contribution in [2.45, 2.75) is 26.8 Å². The predicted molar refractivity (Wildman–Crippen MR) is 108 cm³/mol. The second kappa shape index (κ2) is 9.30. The Morgan fingerprint density at radius 1 is 1.04 bits per heavy atom. The van der Waals surface area contributed by atoms with E-state index < -0.39 is 0 Å². The number of rotatable bonds is 6. The van der Waals surface area contributed by atoms with Crippen LogP contribution in [0.1, 0.15) is 24.5 Å². The van der Waals surface area contributed by atoms with Gasteiger partial charge in [0, 0.05) is 65.0 Å². The quantitative estimate of drug-likeness (QED) is 0.764. The van der Waals surface area contributed by atoms with Crippen molar-refractivity contribution in [2.24, 2.45) is 0 Å². The van der Waals surface area contributed by atoms with E-state index >= 15 is 0 Å². The molecule has 28 heavy (non-hydrogen) atoms. The number of piperazine rings is 1. The van der Waals surface area contributed by atoms with Gasteiger partial charge in [-0.3, -0.25) is 9.59 Å². The minimum absolute atomic E-state index is 0.0119. The number of anilines is 1. The van der Waals surface area contributed by atoms with Gasteiger partial charge in [-0.1, -0.05) is 24.3 Å². The first-order valence-corrected chi connectivity index (χ1v) is 9.64. The summed E-state index contributed by atoms with van der Waals surface area (Å²) in [6.45, 7) is 7.30. The van der Waals surface area contributed by atoms with Gasteiger partial charge in [-0.05, 0) is 24.1 Å². The summed E-state index contributed by atoms with van der Waals surface area (Å²) in [6.07, 6.45) is 3.79. The summed E-state index contributed by atoms with van der Waals surface area (Å²) in [4.78, 5) is 38.9. The molecule has 2 amide bonds. The van der Waals surface area contributed by atoms with Crippen molar-refractivity contribution in [3.63, 3.8) is 0 Å². The van der Waals surface area contributed by atoms with Gasteiger partial charge in [-0.15, -0.1) is 0 Å². The SMILES string of the molecule is CC(=O)N(CCC(=O)N1CCN(c2ncccn2)CC1)Cc1ccccc1C. The van der Waals surface area contributed by atoms with Gasteiger partial charge in [-0.2, -0.15) is 0 Å². The van der Waals surface area contributed by atoms with Crippen LogP contribution in [0.3, 0.4) is 0 Å². The van der Waals surface area contributed by atoms with E-state index in [0.717, 1.165) is 24.2 Å². The van der Waals surface area contributed by atoms with E-state index in [9.17, 15) is 9.59 Å². The smallest absolute Gasteiger partial charge is 0.225 e. The number of amides is 2. The molecular formula is C21H27N5O2. The highest BCUT2D eigenvalue weighted by Gasteiger charge is 2.23. The molecule has 1 fully saturated rings. The maximum atomic E-state index is 12.6. The van der Waals surface area contributed by atoms with E-state index in [4.69, 9.17) is 0 Å². The lowest BCUT2D eigenvalue weighted by Crippen LogP contribution is -2.49. The molecule has 0 unspecified atom stereocenters. The highest BCUT2D eigenvalue weighted by Crippen LogP contribution is 2.13. The normalized spacial score (nSPS) is 14.1. The van der Waals surface area contributed by atoms with Crippen LogP contribution in [-0.4, -0.2) is 64.3 Å². The molecule has 1 aliphatic heterocycles. The Balaban J connectivity index is 1.50. The van der Waals surface area contributed by atoms with Crippen molar-refractivity contribution < 1.29 is 9.59 Å². The van der Waals surface area contributed by atoms with E-state index in [1.54, 1.807) is 30.3 Å².